The molecular formula is Se8Te2+2. The molecule has 3 aliphatic heterocycles. The van der Waals surface area contributed by atoms with Crippen molar-refractivity contribution in [2.75, 3.05) is 0 Å². The maximum absolute atomic E-state index is 1.47. The van der Waals surface area contributed by atoms with E-state index in [0.29, 0.717) is 0 Å². The topological polar surface area (TPSA) is 0 Å². The van der Waals surface area contributed by atoms with E-state index >= 15 is 0 Å². The molecule has 0 aliphatic carbocycles. The molecule has 0 nitrogen and oxygen atoms in total. The minimum atomic E-state index is -0.0542. The van der Waals surface area contributed by atoms with Gasteiger partial charge < -0.3 is 0 Å². The fourth-order valence-corrected chi connectivity index (χ4v) is 1240. The molecule has 0 amide bonds. The first kappa shape index (κ1) is 12.2. The SMILES string of the molecule is [Se]1[Se][Se][Te+]2[Se][Se][Te+]([Se]1)[Se][Se]2. The Balaban J connectivity index is 1.94. The standard InChI is InChI=1S/Se8Te2/c1-2-4-10-7-5-9(3-1)6-8-10/q+2. The molecule has 3 aliphatic rings. The zero-order valence-electron chi connectivity index (χ0n) is 4.08. The van der Waals surface area contributed by atoms with Gasteiger partial charge in [-0.3, -0.25) is 0 Å². The van der Waals surface area contributed by atoms with Crippen LogP contribution in [0.2, 0.25) is 0 Å². The van der Waals surface area contributed by atoms with Crippen LogP contribution in [0.3, 0.4) is 0 Å². The van der Waals surface area contributed by atoms with Gasteiger partial charge in [-0.2, -0.15) is 0 Å². The van der Waals surface area contributed by atoms with Crippen LogP contribution in [-0.4, -0.2) is 108 Å². The monoisotopic (exact) mass is 899 g/mol. The number of hydrogen-bond donors (Lipinski definition) is 0. The van der Waals surface area contributed by atoms with Gasteiger partial charge in [0.05, 0.1) is 0 Å². The Labute approximate surface area is 104 Å². The third-order valence-corrected chi connectivity index (χ3v) is 454. The first-order valence-corrected chi connectivity index (χ1v) is 57.4. The van der Waals surface area contributed by atoms with Crippen molar-refractivity contribution in [3.05, 3.63) is 0 Å². The summed E-state index contributed by atoms with van der Waals surface area (Å²) < 4.78 is 0. The summed E-state index contributed by atoms with van der Waals surface area (Å²) in [4.78, 5) is 0. The zero-order valence-corrected chi connectivity index (χ0v) is 22.4. The summed E-state index contributed by atoms with van der Waals surface area (Å²) in [5, 5.41) is 0. The van der Waals surface area contributed by atoms with Crippen molar-refractivity contribution in [2.45, 2.75) is 0 Å². The fraction of sp³-hybridized carbons (Fsp3) is 0. The van der Waals surface area contributed by atoms with E-state index in [0.717, 1.165) is 0 Å². The summed E-state index contributed by atoms with van der Waals surface area (Å²) in [6.45, 7) is 0. The molecule has 3 saturated heterocycles. The van der Waals surface area contributed by atoms with Crippen LogP contribution in [0, 0.1) is 0 Å². The van der Waals surface area contributed by atoms with Crippen molar-refractivity contribution >= 4 is 108 Å². The van der Waals surface area contributed by atoms with E-state index < -0.39 is 0 Å². The molecule has 58 valence electrons. The van der Waals surface area contributed by atoms with Crippen LogP contribution in [0.1, 0.15) is 0 Å². The Hall–Kier alpha value is 5.74. The molecule has 0 spiro atoms. The van der Waals surface area contributed by atoms with Crippen molar-refractivity contribution in [3.8, 4) is 0 Å². The summed E-state index contributed by atoms with van der Waals surface area (Å²) in [7, 11) is 8.71. The number of fused-ring (bicyclic) bond motifs is 5. The average molecular weight is 887 g/mol. The normalized spacial score (nSPS) is 30.0. The van der Waals surface area contributed by atoms with E-state index in [-0.39, 0.29) is 25.7 Å². The summed E-state index contributed by atoms with van der Waals surface area (Å²) in [6, 6.07) is 0. The third-order valence-electron chi connectivity index (χ3n) is 0.472. The van der Waals surface area contributed by atoms with Crippen molar-refractivity contribution in [1.29, 1.82) is 0 Å². The molecule has 0 aromatic heterocycles. The third kappa shape index (κ3) is 4.31. The van der Waals surface area contributed by atoms with Crippen molar-refractivity contribution < 1.29 is 0 Å². The molecule has 0 aromatic rings. The van der Waals surface area contributed by atoms with Gasteiger partial charge in [-0.15, -0.1) is 0 Å². The second-order valence-electron chi connectivity index (χ2n) is 0.953. The quantitative estimate of drug-likeness (QED) is 0.220. The van der Waals surface area contributed by atoms with Gasteiger partial charge in [0.15, 0.2) is 0 Å². The Morgan fingerprint density at radius 3 is 1.30 bits per heavy atom. The van der Waals surface area contributed by atoms with Gasteiger partial charge in [0.1, 0.15) is 0 Å². The average Bonchev–Trinajstić information content (AvgIpc) is 1.89. The molecule has 3 fully saturated rings. The zero-order chi connectivity index (χ0) is 6.81. The Morgan fingerprint density at radius 1 is 0.500 bits per heavy atom. The van der Waals surface area contributed by atoms with Crippen LogP contribution in [0.4, 0.5) is 0 Å². The molecule has 0 unspecified atom stereocenters. The van der Waals surface area contributed by atoms with Crippen molar-refractivity contribution in [3.63, 3.8) is 0 Å². The predicted molar refractivity (Wildman–Crippen MR) is 57.5 cm³/mol. The first-order chi connectivity index (χ1) is 4.95. The molecule has 0 saturated carbocycles. The molecule has 0 radical (unpaired) electrons. The summed E-state index contributed by atoms with van der Waals surface area (Å²) in [5.41, 5.74) is 0. The molecule has 0 N–H and O–H groups in total. The molecule has 2 bridgehead atoms. The number of rotatable bonds is 0. The van der Waals surface area contributed by atoms with Gasteiger partial charge in [-0.1, -0.05) is 0 Å². The molecule has 10 heavy (non-hydrogen) atoms. The minimum absolute atomic E-state index is 0.0542. The molecule has 0 aromatic carbocycles. The Bertz CT molecular complexity index is 86.3. The second kappa shape index (κ2) is 7.14. The van der Waals surface area contributed by atoms with Crippen molar-refractivity contribution in [2.24, 2.45) is 0 Å². The van der Waals surface area contributed by atoms with Gasteiger partial charge >= 0.3 is 108 Å². The van der Waals surface area contributed by atoms with E-state index in [1.165, 1.54) is 82.3 Å². The molecule has 3 rings (SSSR count). The molecular weight excluding hydrogens is 887 g/mol. The van der Waals surface area contributed by atoms with Gasteiger partial charge in [0.25, 0.3) is 0 Å². The van der Waals surface area contributed by atoms with Crippen LogP contribution in [0.15, 0.2) is 0 Å². The molecule has 0 atom stereocenters. The van der Waals surface area contributed by atoms with Crippen LogP contribution >= 0.6 is 0 Å². The van der Waals surface area contributed by atoms with Gasteiger partial charge in [0, 0.05) is 0 Å². The molecule has 10 heteroatoms. The second-order valence-corrected chi connectivity index (χ2v) is 167. The molecule has 3 heterocycles. The predicted octanol–water partition coefficient (Wildman–Crippen LogP) is -3.81. The van der Waals surface area contributed by atoms with Gasteiger partial charge in [0.2, 0.25) is 0 Å². The van der Waals surface area contributed by atoms with Crippen LogP contribution in [0.5, 0.6) is 0 Å². The van der Waals surface area contributed by atoms with Crippen LogP contribution in [0.25, 0.3) is 0 Å². The van der Waals surface area contributed by atoms with E-state index in [9.17, 15) is 0 Å². The van der Waals surface area contributed by atoms with E-state index in [2.05, 4.69) is 0 Å². The first-order valence-electron chi connectivity index (χ1n) is 1.83. The number of hydrogen-bond acceptors (Lipinski definition) is 0. The van der Waals surface area contributed by atoms with Gasteiger partial charge in [-0.25, -0.2) is 0 Å². The fourth-order valence-electron chi connectivity index (χ4n) is 0.227. The summed E-state index contributed by atoms with van der Waals surface area (Å²) in [5.74, 6) is 0. The van der Waals surface area contributed by atoms with Crippen LogP contribution < -0.4 is 0 Å². The Morgan fingerprint density at radius 2 is 0.900 bits per heavy atom. The van der Waals surface area contributed by atoms with Crippen molar-refractivity contribution in [1.82, 2.24) is 0 Å². The van der Waals surface area contributed by atoms with Crippen LogP contribution in [-0.2, 0) is 0 Å². The van der Waals surface area contributed by atoms with E-state index in [1.807, 2.05) is 0 Å². The van der Waals surface area contributed by atoms with E-state index in [1.54, 1.807) is 0 Å². The summed E-state index contributed by atoms with van der Waals surface area (Å²) in [6.07, 6.45) is 0. The maximum atomic E-state index is 1.47. The van der Waals surface area contributed by atoms with Gasteiger partial charge in [-0.05, 0) is 0 Å². The van der Waals surface area contributed by atoms with E-state index in [4.69, 9.17) is 0 Å². The Kier molecular flexibility index (Phi) is 8.71. The summed E-state index contributed by atoms with van der Waals surface area (Å²) >= 11 is 2.60.